The Balaban J connectivity index is 0.000000321. The summed E-state index contributed by atoms with van der Waals surface area (Å²) in [7, 11) is 0. The molecule has 27 heavy (non-hydrogen) atoms. The van der Waals surface area contributed by atoms with Gasteiger partial charge in [0.25, 0.3) is 0 Å². The molecule has 1 aromatic heterocycles. The molecule has 0 aliphatic rings. The molecule has 3 aromatic rings. The van der Waals surface area contributed by atoms with Gasteiger partial charge in [-0.2, -0.15) is 13.2 Å². The molecule has 2 aromatic carbocycles. The Morgan fingerprint density at radius 1 is 1.04 bits per heavy atom. The van der Waals surface area contributed by atoms with Gasteiger partial charge in [0.05, 0.1) is 6.04 Å². The number of nitrogens with zero attached hydrogens (tertiary/aromatic N) is 2. The van der Waals surface area contributed by atoms with Crippen molar-refractivity contribution in [1.82, 2.24) is 10.2 Å². The van der Waals surface area contributed by atoms with Crippen molar-refractivity contribution in [2.75, 3.05) is 0 Å². The number of carboxylic acid groups (broad SMARTS) is 1. The van der Waals surface area contributed by atoms with Crippen LogP contribution in [-0.2, 0) is 11.2 Å². The first kappa shape index (κ1) is 20.1. The van der Waals surface area contributed by atoms with E-state index in [1.807, 2.05) is 60.7 Å². The zero-order chi connectivity index (χ0) is 19.9. The standard InChI is InChI=1S/C16H15N3O.C2HF3O2/c17-14(11-12-7-3-1-4-8-12)16-19-18-15(20-16)13-9-5-2-6-10-13;3-2(4,5)1(6)7/h1-10,14H,11,17H2;(H,6,7)/t14-;/m1./s1. The molecular weight excluding hydrogens is 363 g/mol. The largest absolute Gasteiger partial charge is 0.490 e. The smallest absolute Gasteiger partial charge is 0.475 e. The van der Waals surface area contributed by atoms with Crippen molar-refractivity contribution in [3.05, 3.63) is 72.1 Å². The maximum atomic E-state index is 10.6. The Labute approximate surface area is 152 Å². The second-order valence-electron chi connectivity index (χ2n) is 5.41. The lowest BCUT2D eigenvalue weighted by molar-refractivity contribution is -0.192. The van der Waals surface area contributed by atoms with Gasteiger partial charge < -0.3 is 15.3 Å². The van der Waals surface area contributed by atoms with Gasteiger partial charge in [-0.15, -0.1) is 10.2 Å². The monoisotopic (exact) mass is 379 g/mol. The van der Waals surface area contributed by atoms with E-state index in [-0.39, 0.29) is 6.04 Å². The molecule has 142 valence electrons. The first-order valence-electron chi connectivity index (χ1n) is 7.76. The summed E-state index contributed by atoms with van der Waals surface area (Å²) in [4.78, 5) is 8.90. The van der Waals surface area contributed by atoms with E-state index in [1.165, 1.54) is 0 Å². The molecule has 0 bridgehead atoms. The van der Waals surface area contributed by atoms with Crippen LogP contribution in [0.4, 0.5) is 13.2 Å². The highest BCUT2D eigenvalue weighted by atomic mass is 19.4. The first-order valence-corrected chi connectivity index (χ1v) is 7.76. The van der Waals surface area contributed by atoms with Crippen LogP contribution in [0.5, 0.6) is 0 Å². The Kier molecular flexibility index (Phi) is 6.67. The molecule has 0 aliphatic heterocycles. The molecule has 3 rings (SSSR count). The van der Waals surface area contributed by atoms with E-state index in [1.54, 1.807) is 0 Å². The second-order valence-corrected chi connectivity index (χ2v) is 5.41. The molecule has 0 radical (unpaired) electrons. The number of rotatable bonds is 4. The predicted molar refractivity (Wildman–Crippen MR) is 90.5 cm³/mol. The van der Waals surface area contributed by atoms with E-state index >= 15 is 0 Å². The Hall–Kier alpha value is -3.20. The molecule has 6 nitrogen and oxygen atoms in total. The van der Waals surface area contributed by atoms with Crippen molar-refractivity contribution in [2.45, 2.75) is 18.6 Å². The quantitative estimate of drug-likeness (QED) is 0.718. The number of aliphatic carboxylic acids is 1. The highest BCUT2D eigenvalue weighted by Crippen LogP contribution is 2.21. The van der Waals surface area contributed by atoms with Gasteiger partial charge in [-0.3, -0.25) is 0 Å². The van der Waals surface area contributed by atoms with Crippen molar-refractivity contribution in [1.29, 1.82) is 0 Å². The summed E-state index contributed by atoms with van der Waals surface area (Å²) in [5.74, 6) is -1.79. The maximum Gasteiger partial charge on any atom is 0.490 e. The van der Waals surface area contributed by atoms with Gasteiger partial charge in [-0.1, -0.05) is 48.5 Å². The van der Waals surface area contributed by atoms with E-state index in [0.717, 1.165) is 11.1 Å². The van der Waals surface area contributed by atoms with E-state index < -0.39 is 12.1 Å². The summed E-state index contributed by atoms with van der Waals surface area (Å²) in [6.07, 6.45) is -4.41. The van der Waals surface area contributed by atoms with Crippen molar-refractivity contribution in [2.24, 2.45) is 5.73 Å². The minimum Gasteiger partial charge on any atom is -0.475 e. The van der Waals surface area contributed by atoms with Crippen LogP contribution in [0.2, 0.25) is 0 Å². The van der Waals surface area contributed by atoms with Gasteiger partial charge in [0.15, 0.2) is 0 Å². The number of alkyl halides is 3. The Morgan fingerprint density at radius 3 is 2.07 bits per heavy atom. The zero-order valence-electron chi connectivity index (χ0n) is 13.9. The number of benzene rings is 2. The molecular formula is C18H16F3N3O3. The molecule has 1 heterocycles. The number of hydrogen-bond donors (Lipinski definition) is 2. The first-order chi connectivity index (χ1) is 12.8. The molecule has 0 unspecified atom stereocenters. The van der Waals surface area contributed by atoms with Crippen LogP contribution >= 0.6 is 0 Å². The lowest BCUT2D eigenvalue weighted by atomic mass is 10.1. The van der Waals surface area contributed by atoms with Gasteiger partial charge in [-0.25, -0.2) is 4.79 Å². The van der Waals surface area contributed by atoms with Crippen LogP contribution in [-0.4, -0.2) is 27.4 Å². The molecule has 1 atom stereocenters. The van der Waals surface area contributed by atoms with Crippen molar-refractivity contribution < 1.29 is 27.5 Å². The fourth-order valence-corrected chi connectivity index (χ4v) is 2.04. The molecule has 0 spiro atoms. The third kappa shape index (κ3) is 6.23. The fraction of sp³-hybridized carbons (Fsp3) is 0.167. The number of carboxylic acids is 1. The van der Waals surface area contributed by atoms with Crippen LogP contribution < -0.4 is 5.73 Å². The van der Waals surface area contributed by atoms with Crippen LogP contribution in [0.1, 0.15) is 17.5 Å². The lowest BCUT2D eigenvalue weighted by Crippen LogP contribution is -2.21. The van der Waals surface area contributed by atoms with E-state index in [9.17, 15) is 13.2 Å². The van der Waals surface area contributed by atoms with Gasteiger partial charge in [-0.05, 0) is 24.1 Å². The molecule has 0 fully saturated rings. The van der Waals surface area contributed by atoms with Crippen molar-refractivity contribution in [3.63, 3.8) is 0 Å². The number of nitrogens with two attached hydrogens (primary N) is 1. The maximum absolute atomic E-state index is 10.6. The third-order valence-corrected chi connectivity index (χ3v) is 3.32. The highest BCUT2D eigenvalue weighted by molar-refractivity contribution is 5.73. The average molecular weight is 379 g/mol. The SMILES string of the molecule is N[C@H](Cc1ccccc1)c1nnc(-c2ccccc2)o1.O=C(O)C(F)(F)F. The van der Waals surface area contributed by atoms with Crippen molar-refractivity contribution in [3.8, 4) is 11.5 Å². The summed E-state index contributed by atoms with van der Waals surface area (Å²) in [5.41, 5.74) is 8.18. The van der Waals surface area contributed by atoms with Gasteiger partial charge in [0.1, 0.15) is 0 Å². The Morgan fingerprint density at radius 2 is 1.56 bits per heavy atom. The van der Waals surface area contributed by atoms with E-state index in [0.29, 0.717) is 18.2 Å². The van der Waals surface area contributed by atoms with E-state index in [2.05, 4.69) is 10.2 Å². The van der Waals surface area contributed by atoms with E-state index in [4.69, 9.17) is 20.1 Å². The summed E-state index contributed by atoms with van der Waals surface area (Å²) in [5, 5.41) is 15.2. The van der Waals surface area contributed by atoms with Gasteiger partial charge in [0, 0.05) is 5.56 Å². The third-order valence-electron chi connectivity index (χ3n) is 3.32. The molecule has 3 N–H and O–H groups in total. The normalized spacial score (nSPS) is 12.0. The molecule has 0 saturated carbocycles. The fourth-order valence-electron chi connectivity index (χ4n) is 2.04. The molecule has 0 saturated heterocycles. The zero-order valence-corrected chi connectivity index (χ0v) is 13.9. The minimum absolute atomic E-state index is 0.289. The lowest BCUT2D eigenvalue weighted by Gasteiger charge is -2.06. The molecule has 0 amide bonds. The summed E-state index contributed by atoms with van der Waals surface area (Å²) >= 11 is 0. The number of aromatic nitrogens is 2. The van der Waals surface area contributed by atoms with Crippen LogP contribution in [0.25, 0.3) is 11.5 Å². The molecule has 0 aliphatic carbocycles. The molecule has 9 heteroatoms. The van der Waals surface area contributed by atoms with Crippen LogP contribution in [0, 0.1) is 0 Å². The summed E-state index contributed by atoms with van der Waals surface area (Å²) < 4.78 is 37.4. The summed E-state index contributed by atoms with van der Waals surface area (Å²) in [6.45, 7) is 0. The second kappa shape index (κ2) is 8.95. The Bertz CT molecular complexity index is 852. The predicted octanol–water partition coefficient (Wildman–Crippen LogP) is 3.61. The van der Waals surface area contributed by atoms with Crippen LogP contribution in [0.15, 0.2) is 65.1 Å². The minimum atomic E-state index is -5.08. The number of hydrogen-bond acceptors (Lipinski definition) is 5. The topological polar surface area (TPSA) is 102 Å². The number of carbonyl (C=O) groups is 1. The highest BCUT2D eigenvalue weighted by Gasteiger charge is 2.38. The average Bonchev–Trinajstić information content (AvgIpc) is 3.13. The summed E-state index contributed by atoms with van der Waals surface area (Å²) in [6, 6.07) is 19.4. The van der Waals surface area contributed by atoms with Crippen LogP contribution in [0.3, 0.4) is 0 Å². The van der Waals surface area contributed by atoms with Gasteiger partial charge in [0.2, 0.25) is 11.8 Å². The van der Waals surface area contributed by atoms with Gasteiger partial charge >= 0.3 is 12.1 Å². The van der Waals surface area contributed by atoms with Crippen molar-refractivity contribution >= 4 is 5.97 Å². The number of halogens is 3.